The minimum absolute atomic E-state index is 0.319. The zero-order chi connectivity index (χ0) is 21.1. The Kier molecular flexibility index (Phi) is 7.37. The number of hydrogen-bond acceptors (Lipinski definition) is 5. The van der Waals surface area contributed by atoms with E-state index in [1.165, 1.54) is 0 Å². The molecule has 1 amide bonds. The van der Waals surface area contributed by atoms with Gasteiger partial charge < -0.3 is 14.8 Å². The number of hydroxylamine groups is 2. The smallest absolute Gasteiger partial charge is 0.537 e. The molecule has 1 fully saturated rings. The molecular formula is C21H34ClN3O3. The molecule has 1 saturated heterocycles. The van der Waals surface area contributed by atoms with Gasteiger partial charge in [-0.25, -0.2) is 0 Å². The number of carbonyl (C=O) groups is 1. The standard InChI is InChI=1S/C21H34ClN3O3/c1-16(2)15-17(3)25(27,20(26)28-21(4,5)6)24-13-11-23(12-14-24)19-9-7-18(22)8-10-19/h7-10,16-17H,11-15H2,1-6H3. The number of quaternary nitrogens is 1. The third-order valence-corrected chi connectivity index (χ3v) is 5.19. The van der Waals surface area contributed by atoms with E-state index in [-0.39, 0.29) is 0 Å². The number of benzene rings is 1. The van der Waals surface area contributed by atoms with E-state index < -0.39 is 22.5 Å². The largest absolute Gasteiger partial charge is 0.601 e. The minimum Gasteiger partial charge on any atom is -0.601 e. The molecule has 158 valence electrons. The van der Waals surface area contributed by atoms with Crippen molar-refractivity contribution in [2.75, 3.05) is 31.1 Å². The first-order valence-corrected chi connectivity index (χ1v) is 10.4. The highest BCUT2D eigenvalue weighted by molar-refractivity contribution is 6.30. The number of anilines is 1. The van der Waals surface area contributed by atoms with Crippen LogP contribution >= 0.6 is 11.6 Å². The van der Waals surface area contributed by atoms with Crippen LogP contribution in [0, 0.1) is 11.1 Å². The Bertz CT molecular complexity index is 652. The highest BCUT2D eigenvalue weighted by Crippen LogP contribution is 2.28. The maximum Gasteiger partial charge on any atom is 0.537 e. The third kappa shape index (κ3) is 5.60. The molecule has 1 aliphatic rings. The van der Waals surface area contributed by atoms with Gasteiger partial charge in [-0.1, -0.05) is 25.4 Å². The van der Waals surface area contributed by atoms with Crippen molar-refractivity contribution in [3.05, 3.63) is 34.5 Å². The van der Waals surface area contributed by atoms with Crippen molar-refractivity contribution in [2.45, 2.75) is 59.6 Å². The Labute approximate surface area is 174 Å². The number of piperazine rings is 1. The summed E-state index contributed by atoms with van der Waals surface area (Å²) in [5.41, 5.74) is 0.369. The van der Waals surface area contributed by atoms with E-state index in [1.54, 1.807) is 25.8 Å². The summed E-state index contributed by atoms with van der Waals surface area (Å²) < 4.78 is 4.48. The second-order valence-corrected chi connectivity index (χ2v) is 9.44. The van der Waals surface area contributed by atoms with Gasteiger partial charge in [-0.3, -0.25) is 0 Å². The van der Waals surface area contributed by atoms with Gasteiger partial charge in [-0.2, -0.15) is 9.55 Å². The van der Waals surface area contributed by atoms with Gasteiger partial charge in [-0.05, 0) is 57.9 Å². The van der Waals surface area contributed by atoms with Crippen LogP contribution in [-0.4, -0.2) is 53.7 Å². The molecule has 0 saturated carbocycles. The summed E-state index contributed by atoms with van der Waals surface area (Å²) in [6.45, 7) is 13.7. The van der Waals surface area contributed by atoms with Crippen LogP contribution in [0.2, 0.25) is 5.02 Å². The van der Waals surface area contributed by atoms with Crippen LogP contribution in [0.1, 0.15) is 48.0 Å². The van der Waals surface area contributed by atoms with Gasteiger partial charge in [0.1, 0.15) is 11.6 Å². The summed E-state index contributed by atoms with van der Waals surface area (Å²) >= 11 is 5.98. The van der Waals surface area contributed by atoms with Crippen LogP contribution in [-0.2, 0) is 4.74 Å². The van der Waals surface area contributed by atoms with E-state index in [0.717, 1.165) is 5.69 Å². The molecule has 1 aliphatic heterocycles. The average Bonchev–Trinajstić information content (AvgIpc) is 2.59. The number of hydrogen-bond donors (Lipinski definition) is 0. The quantitative estimate of drug-likeness (QED) is 0.500. The first-order chi connectivity index (χ1) is 12.9. The maximum atomic E-state index is 13.9. The Balaban J connectivity index is 2.17. The number of nitrogens with zero attached hydrogens (tertiary/aromatic N) is 3. The van der Waals surface area contributed by atoms with E-state index in [2.05, 4.69) is 18.7 Å². The van der Waals surface area contributed by atoms with Crippen molar-refractivity contribution >= 4 is 23.4 Å². The monoisotopic (exact) mass is 411 g/mol. The van der Waals surface area contributed by atoms with E-state index in [0.29, 0.717) is 43.5 Å². The fourth-order valence-corrected chi connectivity index (χ4v) is 3.76. The highest BCUT2D eigenvalue weighted by Gasteiger charge is 2.45. The van der Waals surface area contributed by atoms with E-state index in [9.17, 15) is 10.0 Å². The van der Waals surface area contributed by atoms with E-state index in [1.807, 2.05) is 31.2 Å². The lowest BCUT2D eigenvalue weighted by Gasteiger charge is -2.52. The molecule has 1 aromatic rings. The van der Waals surface area contributed by atoms with Gasteiger partial charge in [0.2, 0.25) is 0 Å². The summed E-state index contributed by atoms with van der Waals surface area (Å²) in [5.74, 6) is 0.319. The fourth-order valence-electron chi connectivity index (χ4n) is 3.63. The lowest BCUT2D eigenvalue weighted by molar-refractivity contribution is -0.951. The fraction of sp³-hybridized carbons (Fsp3) is 0.667. The third-order valence-electron chi connectivity index (χ3n) is 4.93. The van der Waals surface area contributed by atoms with E-state index >= 15 is 0 Å². The second-order valence-electron chi connectivity index (χ2n) is 9.00. The molecule has 6 nitrogen and oxygen atoms in total. The van der Waals surface area contributed by atoms with Gasteiger partial charge in [0, 0.05) is 30.2 Å². The molecule has 1 aromatic carbocycles. The molecule has 0 bridgehead atoms. The number of carbonyl (C=O) groups excluding carboxylic acids is 1. The molecule has 28 heavy (non-hydrogen) atoms. The Morgan fingerprint density at radius 1 is 1.14 bits per heavy atom. The molecule has 0 aromatic heterocycles. The van der Waals surface area contributed by atoms with Crippen LogP contribution in [0.4, 0.5) is 10.5 Å². The summed E-state index contributed by atoms with van der Waals surface area (Å²) in [4.78, 5) is 15.2. The summed E-state index contributed by atoms with van der Waals surface area (Å²) in [6, 6.07) is 7.28. The van der Waals surface area contributed by atoms with Crippen molar-refractivity contribution in [1.82, 2.24) is 5.01 Å². The van der Waals surface area contributed by atoms with Crippen molar-refractivity contribution in [1.29, 1.82) is 0 Å². The zero-order valence-electron chi connectivity index (χ0n) is 17.9. The van der Waals surface area contributed by atoms with E-state index in [4.69, 9.17) is 16.3 Å². The normalized spacial score (nSPS) is 19.4. The molecular weight excluding hydrogens is 378 g/mol. The highest BCUT2D eigenvalue weighted by atomic mass is 35.5. The molecule has 7 heteroatoms. The summed E-state index contributed by atoms with van der Waals surface area (Å²) in [5, 5.41) is 16.3. The van der Waals surface area contributed by atoms with Crippen LogP contribution in [0.5, 0.6) is 0 Å². The lowest BCUT2D eigenvalue weighted by atomic mass is 10.0. The number of halogens is 1. The minimum atomic E-state index is -1.05. The van der Waals surface area contributed by atoms with Gasteiger partial charge in [-0.15, -0.1) is 5.01 Å². The molecule has 2 rings (SSSR count). The number of amides is 1. The molecule has 0 spiro atoms. The van der Waals surface area contributed by atoms with Crippen LogP contribution in [0.3, 0.4) is 0 Å². The van der Waals surface area contributed by atoms with Crippen molar-refractivity contribution in [2.24, 2.45) is 5.92 Å². The average molecular weight is 412 g/mol. The molecule has 2 atom stereocenters. The molecule has 0 N–H and O–H groups in total. The SMILES string of the molecule is CC(C)CC(C)[N+]([O-])(C(=O)OC(C)(C)C)N1CCN(c2ccc(Cl)cc2)CC1. The van der Waals surface area contributed by atoms with Crippen molar-refractivity contribution in [3.63, 3.8) is 0 Å². The summed E-state index contributed by atoms with van der Waals surface area (Å²) in [6.07, 6.45) is -0.0688. The van der Waals surface area contributed by atoms with Crippen LogP contribution in [0.15, 0.2) is 24.3 Å². The molecule has 0 aliphatic carbocycles. The Hall–Kier alpha value is -1.34. The maximum absolute atomic E-state index is 13.9. The van der Waals surface area contributed by atoms with Crippen molar-refractivity contribution in [3.8, 4) is 0 Å². The first-order valence-electron chi connectivity index (χ1n) is 10.0. The van der Waals surface area contributed by atoms with Gasteiger partial charge in [0.05, 0.1) is 13.1 Å². The zero-order valence-corrected chi connectivity index (χ0v) is 18.7. The summed E-state index contributed by atoms with van der Waals surface area (Å²) in [7, 11) is 0. The van der Waals surface area contributed by atoms with Gasteiger partial charge >= 0.3 is 6.09 Å². The number of rotatable bonds is 5. The molecule has 2 unspecified atom stereocenters. The Morgan fingerprint density at radius 2 is 1.68 bits per heavy atom. The first kappa shape index (κ1) is 22.9. The molecule has 1 heterocycles. The molecule has 0 radical (unpaired) electrons. The van der Waals surface area contributed by atoms with Crippen LogP contribution in [0.25, 0.3) is 0 Å². The van der Waals surface area contributed by atoms with Gasteiger partial charge in [0.15, 0.2) is 0 Å². The van der Waals surface area contributed by atoms with Crippen LogP contribution < -0.4 is 4.90 Å². The predicted octanol–water partition coefficient (Wildman–Crippen LogP) is 5.06. The predicted molar refractivity (Wildman–Crippen MR) is 114 cm³/mol. The van der Waals surface area contributed by atoms with Gasteiger partial charge in [0.25, 0.3) is 0 Å². The van der Waals surface area contributed by atoms with Crippen molar-refractivity contribution < 1.29 is 14.3 Å². The lowest BCUT2D eigenvalue weighted by Crippen LogP contribution is -2.68. The Morgan fingerprint density at radius 3 is 2.14 bits per heavy atom. The number of ether oxygens (including phenoxy) is 1. The second kappa shape index (κ2) is 8.99. The topological polar surface area (TPSA) is 55.8 Å².